The van der Waals surface area contributed by atoms with E-state index in [9.17, 15) is 4.79 Å². The maximum Gasteiger partial charge on any atom is 0.407 e. The van der Waals surface area contributed by atoms with Gasteiger partial charge >= 0.3 is 6.09 Å². The van der Waals surface area contributed by atoms with Crippen molar-refractivity contribution in [2.45, 2.75) is 45.3 Å². The molecule has 0 spiro atoms. The summed E-state index contributed by atoms with van der Waals surface area (Å²) in [5.41, 5.74) is -0.479. The minimum atomic E-state index is -0.479. The number of nitrogens with zero attached hydrogens (tertiary/aromatic N) is 3. The van der Waals surface area contributed by atoms with Gasteiger partial charge in [0.05, 0.1) is 4.47 Å². The fourth-order valence-corrected chi connectivity index (χ4v) is 2.42. The van der Waals surface area contributed by atoms with Gasteiger partial charge in [-0.2, -0.15) is 0 Å². The summed E-state index contributed by atoms with van der Waals surface area (Å²) >= 11 is 3.32. The van der Waals surface area contributed by atoms with Gasteiger partial charge in [-0.05, 0) is 49.5 Å². The van der Waals surface area contributed by atoms with E-state index in [0.717, 1.165) is 23.9 Å². The van der Waals surface area contributed by atoms with Crippen molar-refractivity contribution in [1.29, 1.82) is 0 Å². The Morgan fingerprint density at radius 1 is 1.43 bits per heavy atom. The predicted molar refractivity (Wildman–Crippen MR) is 84.3 cm³/mol. The highest BCUT2D eigenvalue weighted by Gasteiger charge is 2.25. The van der Waals surface area contributed by atoms with E-state index in [1.165, 1.54) is 0 Å². The number of anilines is 1. The Bertz CT molecular complexity index is 487. The van der Waals surface area contributed by atoms with Crippen LogP contribution in [0.15, 0.2) is 16.9 Å². The summed E-state index contributed by atoms with van der Waals surface area (Å²) in [6.07, 6.45) is 5.01. The lowest BCUT2D eigenvalue weighted by atomic mass is 10.1. The number of amides is 1. The second-order valence-corrected chi connectivity index (χ2v) is 7.05. The Balaban J connectivity index is 1.91. The molecule has 1 aromatic heterocycles. The van der Waals surface area contributed by atoms with Crippen LogP contribution < -0.4 is 10.2 Å². The molecule has 0 bridgehead atoms. The number of hydrogen-bond donors (Lipinski definition) is 1. The highest BCUT2D eigenvalue weighted by Crippen LogP contribution is 2.17. The van der Waals surface area contributed by atoms with Crippen LogP contribution in [0.5, 0.6) is 0 Å². The molecule has 1 fully saturated rings. The molecular formula is C14H21BrN4O2. The van der Waals surface area contributed by atoms with Gasteiger partial charge in [-0.25, -0.2) is 14.8 Å². The largest absolute Gasteiger partial charge is 0.444 e. The number of carbonyl (C=O) groups excluding carboxylic acids is 1. The molecule has 21 heavy (non-hydrogen) atoms. The van der Waals surface area contributed by atoms with Crippen LogP contribution in [0, 0.1) is 0 Å². The second-order valence-electron chi connectivity index (χ2n) is 6.13. The first-order valence-electron chi connectivity index (χ1n) is 7.05. The van der Waals surface area contributed by atoms with Crippen molar-refractivity contribution < 1.29 is 9.53 Å². The van der Waals surface area contributed by atoms with Gasteiger partial charge in [0, 0.05) is 31.5 Å². The van der Waals surface area contributed by atoms with Crippen LogP contribution in [0.1, 0.15) is 33.6 Å². The van der Waals surface area contributed by atoms with Gasteiger partial charge in [-0.1, -0.05) is 0 Å². The fraction of sp³-hybridized carbons (Fsp3) is 0.643. The molecule has 2 rings (SSSR count). The topological polar surface area (TPSA) is 67.3 Å². The number of hydrogen-bond acceptors (Lipinski definition) is 5. The lowest BCUT2D eigenvalue weighted by Crippen LogP contribution is -2.49. The normalized spacial score (nSPS) is 19.2. The molecule has 1 aliphatic heterocycles. The van der Waals surface area contributed by atoms with Crippen molar-refractivity contribution in [3.05, 3.63) is 16.9 Å². The third-order valence-corrected chi connectivity index (χ3v) is 3.44. The van der Waals surface area contributed by atoms with Gasteiger partial charge in [0.15, 0.2) is 0 Å². The highest BCUT2D eigenvalue weighted by molar-refractivity contribution is 9.10. The summed E-state index contributed by atoms with van der Waals surface area (Å²) < 4.78 is 6.14. The zero-order valence-electron chi connectivity index (χ0n) is 12.6. The number of alkyl carbamates (subject to hydrolysis) is 1. The molecule has 7 heteroatoms. The molecule has 0 aliphatic carbocycles. The van der Waals surface area contributed by atoms with E-state index in [-0.39, 0.29) is 12.1 Å². The van der Waals surface area contributed by atoms with Crippen LogP contribution in [0.4, 0.5) is 10.7 Å². The van der Waals surface area contributed by atoms with E-state index in [2.05, 4.69) is 36.1 Å². The summed E-state index contributed by atoms with van der Waals surface area (Å²) in [5, 5.41) is 2.92. The van der Waals surface area contributed by atoms with Crippen molar-refractivity contribution in [1.82, 2.24) is 15.3 Å². The quantitative estimate of drug-likeness (QED) is 0.882. The summed E-state index contributed by atoms with van der Waals surface area (Å²) in [5.74, 6) is 0.689. The van der Waals surface area contributed by atoms with Gasteiger partial charge in [0.2, 0.25) is 5.95 Å². The van der Waals surface area contributed by atoms with Crippen molar-refractivity contribution in [3.63, 3.8) is 0 Å². The van der Waals surface area contributed by atoms with Crippen LogP contribution in [0.3, 0.4) is 0 Å². The van der Waals surface area contributed by atoms with E-state index in [1.54, 1.807) is 12.4 Å². The zero-order valence-corrected chi connectivity index (χ0v) is 14.2. The molecule has 1 atom stereocenters. The van der Waals surface area contributed by atoms with E-state index < -0.39 is 5.60 Å². The summed E-state index contributed by atoms with van der Waals surface area (Å²) in [4.78, 5) is 22.5. The molecule has 0 aromatic carbocycles. The third-order valence-electron chi connectivity index (χ3n) is 3.03. The zero-order chi connectivity index (χ0) is 15.5. The number of aromatic nitrogens is 2. The number of piperidine rings is 1. The van der Waals surface area contributed by atoms with E-state index >= 15 is 0 Å². The van der Waals surface area contributed by atoms with Gasteiger partial charge in [-0.3, -0.25) is 0 Å². The molecule has 1 N–H and O–H groups in total. The average Bonchev–Trinajstić information content (AvgIpc) is 2.37. The number of nitrogens with one attached hydrogen (secondary N) is 1. The Morgan fingerprint density at radius 3 is 2.71 bits per heavy atom. The average molecular weight is 357 g/mol. The van der Waals surface area contributed by atoms with E-state index in [4.69, 9.17) is 4.74 Å². The summed E-state index contributed by atoms with van der Waals surface area (Å²) in [7, 11) is 0. The predicted octanol–water partition coefficient (Wildman–Crippen LogP) is 2.73. The van der Waals surface area contributed by atoms with Crippen LogP contribution in [0.25, 0.3) is 0 Å². The lowest BCUT2D eigenvalue weighted by molar-refractivity contribution is 0.0500. The lowest BCUT2D eigenvalue weighted by Gasteiger charge is -2.33. The third kappa shape index (κ3) is 5.15. The molecule has 1 aromatic rings. The maximum atomic E-state index is 11.8. The van der Waals surface area contributed by atoms with Crippen LogP contribution >= 0.6 is 15.9 Å². The monoisotopic (exact) mass is 356 g/mol. The first-order chi connectivity index (χ1) is 9.83. The minimum absolute atomic E-state index is 0.0563. The molecule has 6 nitrogen and oxygen atoms in total. The summed E-state index contributed by atoms with van der Waals surface area (Å²) in [6, 6.07) is 0.0563. The summed E-state index contributed by atoms with van der Waals surface area (Å²) in [6.45, 7) is 7.16. The molecule has 1 saturated heterocycles. The fourth-order valence-electron chi connectivity index (χ4n) is 2.22. The standard InChI is InChI=1S/C14H21BrN4O2/c1-14(2,3)21-13(20)18-11-5-4-6-19(9-11)12-16-7-10(15)8-17-12/h7-8,11H,4-6,9H2,1-3H3,(H,18,20)/t11-/m0/s1. The number of rotatable bonds is 2. The van der Waals surface area contributed by atoms with Gasteiger partial charge < -0.3 is 15.0 Å². The van der Waals surface area contributed by atoms with Crippen molar-refractivity contribution >= 4 is 28.0 Å². The minimum Gasteiger partial charge on any atom is -0.444 e. The molecule has 0 radical (unpaired) electrons. The van der Waals surface area contributed by atoms with E-state index in [0.29, 0.717) is 12.5 Å². The van der Waals surface area contributed by atoms with Crippen LogP contribution in [0.2, 0.25) is 0 Å². The smallest absolute Gasteiger partial charge is 0.407 e. The van der Waals surface area contributed by atoms with Gasteiger partial charge in [0.25, 0.3) is 0 Å². The second kappa shape index (κ2) is 6.60. The Hall–Kier alpha value is -1.37. The Labute approximate surface area is 133 Å². The molecule has 0 unspecified atom stereocenters. The molecule has 116 valence electrons. The first-order valence-corrected chi connectivity index (χ1v) is 7.85. The number of ether oxygens (including phenoxy) is 1. The number of carbonyl (C=O) groups is 1. The van der Waals surface area contributed by atoms with Crippen molar-refractivity contribution in [2.75, 3.05) is 18.0 Å². The van der Waals surface area contributed by atoms with Crippen molar-refractivity contribution in [3.8, 4) is 0 Å². The molecular weight excluding hydrogens is 336 g/mol. The Morgan fingerprint density at radius 2 is 2.10 bits per heavy atom. The first kappa shape index (κ1) is 16.0. The molecule has 2 heterocycles. The maximum absolute atomic E-state index is 11.8. The Kier molecular flexibility index (Phi) is 5.03. The van der Waals surface area contributed by atoms with Crippen LogP contribution in [-0.2, 0) is 4.74 Å². The van der Waals surface area contributed by atoms with Gasteiger partial charge in [0.1, 0.15) is 5.60 Å². The SMILES string of the molecule is CC(C)(C)OC(=O)N[C@H]1CCCN(c2ncc(Br)cn2)C1. The highest BCUT2D eigenvalue weighted by atomic mass is 79.9. The van der Waals surface area contributed by atoms with Crippen molar-refractivity contribution in [2.24, 2.45) is 0 Å². The molecule has 0 saturated carbocycles. The van der Waals surface area contributed by atoms with Gasteiger partial charge in [-0.15, -0.1) is 0 Å². The van der Waals surface area contributed by atoms with E-state index in [1.807, 2.05) is 20.8 Å². The molecule has 1 aliphatic rings. The molecule has 1 amide bonds. The van der Waals surface area contributed by atoms with Crippen LogP contribution in [-0.4, -0.2) is 40.8 Å². The number of halogens is 1.